The van der Waals surface area contributed by atoms with Crippen LogP contribution in [0.4, 0.5) is 0 Å². The largest absolute Gasteiger partial charge is 0.380 e. The van der Waals surface area contributed by atoms with Gasteiger partial charge in [-0.25, -0.2) is 0 Å². The topological polar surface area (TPSA) is 31.2 Å². The monoisotopic (exact) mass is 321 g/mol. The third-order valence-corrected chi connectivity index (χ3v) is 2.91. The average Bonchev–Trinajstić information content (AvgIpc) is 2.24. The quantitative estimate of drug-likeness (QED) is 0.594. The fourth-order valence-electron chi connectivity index (χ4n) is 1.20. The van der Waals surface area contributed by atoms with Crippen molar-refractivity contribution in [3.8, 4) is 0 Å². The molecule has 0 N–H and O–H groups in total. The third-order valence-electron chi connectivity index (χ3n) is 2.09. The lowest BCUT2D eigenvalue weighted by molar-refractivity contribution is 0.123. The predicted octanol–water partition coefficient (Wildman–Crippen LogP) is 2.27. The summed E-state index contributed by atoms with van der Waals surface area (Å²) in [4.78, 5) is 11.6. The molecule has 84 valence electrons. The van der Waals surface area contributed by atoms with E-state index in [4.69, 9.17) is 4.74 Å². The summed E-state index contributed by atoms with van der Waals surface area (Å²) in [5, 5.41) is 0. The van der Waals surface area contributed by atoms with Crippen molar-refractivity contribution in [2.45, 2.75) is 26.3 Å². The van der Waals surface area contributed by atoms with E-state index in [9.17, 15) is 4.79 Å². The van der Waals surface area contributed by atoms with E-state index >= 15 is 0 Å². The van der Waals surface area contributed by atoms with Gasteiger partial charge in [0.1, 0.15) is 0 Å². The summed E-state index contributed by atoms with van der Waals surface area (Å²) in [6.07, 6.45) is 4.03. The van der Waals surface area contributed by atoms with Crippen LogP contribution in [-0.2, 0) is 11.3 Å². The second-order valence-corrected chi connectivity index (χ2v) is 4.48. The fourth-order valence-corrected chi connectivity index (χ4v) is 1.71. The number of nitrogens with zero attached hydrogens (tertiary/aromatic N) is 1. The molecule has 0 radical (unpaired) electrons. The highest BCUT2D eigenvalue weighted by Gasteiger charge is 1.98. The van der Waals surface area contributed by atoms with Crippen molar-refractivity contribution in [2.24, 2.45) is 0 Å². The second kappa shape index (κ2) is 7.00. The molecule has 15 heavy (non-hydrogen) atoms. The number of unbranched alkanes of at least 4 members (excludes halogenated alkanes) is 1. The van der Waals surface area contributed by atoms with Crippen molar-refractivity contribution >= 4 is 22.6 Å². The highest BCUT2D eigenvalue weighted by atomic mass is 127. The van der Waals surface area contributed by atoms with Crippen LogP contribution in [0.2, 0.25) is 0 Å². The minimum Gasteiger partial charge on any atom is -0.380 e. The Morgan fingerprint density at radius 3 is 3.00 bits per heavy atom. The summed E-state index contributed by atoms with van der Waals surface area (Å²) < 4.78 is 7.85. The number of hydrogen-bond acceptors (Lipinski definition) is 2. The minimum atomic E-state index is 0.0668. The molecule has 0 spiro atoms. The molecule has 3 nitrogen and oxygen atoms in total. The van der Waals surface area contributed by atoms with Gasteiger partial charge in [-0.05, 0) is 41.1 Å². The molecule has 0 unspecified atom stereocenters. The van der Waals surface area contributed by atoms with E-state index < -0.39 is 0 Å². The summed E-state index contributed by atoms with van der Waals surface area (Å²) in [5.41, 5.74) is 0.0668. The predicted molar refractivity (Wildman–Crippen MR) is 69.1 cm³/mol. The van der Waals surface area contributed by atoms with Crippen LogP contribution in [-0.4, -0.2) is 17.8 Å². The second-order valence-electron chi connectivity index (χ2n) is 3.32. The van der Waals surface area contributed by atoms with Crippen molar-refractivity contribution in [2.75, 3.05) is 13.2 Å². The summed E-state index contributed by atoms with van der Waals surface area (Å²) in [6, 6.07) is 3.70. The van der Waals surface area contributed by atoms with E-state index in [2.05, 4.69) is 29.5 Å². The van der Waals surface area contributed by atoms with Crippen LogP contribution in [0.3, 0.4) is 0 Å². The van der Waals surface area contributed by atoms with Crippen LogP contribution in [0.5, 0.6) is 0 Å². The number of halogens is 1. The van der Waals surface area contributed by atoms with E-state index in [0.717, 1.165) is 23.0 Å². The van der Waals surface area contributed by atoms with Crippen molar-refractivity contribution in [3.05, 3.63) is 32.3 Å². The van der Waals surface area contributed by atoms with Crippen molar-refractivity contribution in [1.82, 2.24) is 4.57 Å². The Balaban J connectivity index is 2.38. The van der Waals surface area contributed by atoms with Crippen molar-refractivity contribution in [3.63, 3.8) is 0 Å². The van der Waals surface area contributed by atoms with Gasteiger partial charge in [0.05, 0.1) is 10.2 Å². The van der Waals surface area contributed by atoms with E-state index in [1.807, 2.05) is 12.1 Å². The van der Waals surface area contributed by atoms with Gasteiger partial charge in [0.2, 0.25) is 0 Å². The van der Waals surface area contributed by atoms with Gasteiger partial charge in [0, 0.05) is 19.3 Å². The Morgan fingerprint density at radius 1 is 1.47 bits per heavy atom. The molecule has 0 atom stereocenters. The molecule has 0 saturated carbocycles. The lowest BCUT2D eigenvalue weighted by atomic mass is 10.4. The van der Waals surface area contributed by atoms with Gasteiger partial charge < -0.3 is 9.30 Å². The summed E-state index contributed by atoms with van der Waals surface area (Å²) in [6.45, 7) is 4.17. The van der Waals surface area contributed by atoms with Gasteiger partial charge in [0.25, 0.3) is 5.56 Å². The van der Waals surface area contributed by atoms with Gasteiger partial charge in [-0.15, -0.1) is 0 Å². The van der Waals surface area contributed by atoms with Crippen molar-refractivity contribution in [1.29, 1.82) is 0 Å². The molecule has 0 aliphatic carbocycles. The maximum absolute atomic E-state index is 11.6. The Labute approximate surface area is 104 Å². The Bertz CT molecular complexity index is 349. The molecule has 0 aliphatic heterocycles. The molecule has 0 aliphatic rings. The van der Waals surface area contributed by atoms with Crippen LogP contribution < -0.4 is 5.56 Å². The van der Waals surface area contributed by atoms with Gasteiger partial charge in [0.15, 0.2) is 0 Å². The van der Waals surface area contributed by atoms with E-state index in [-0.39, 0.29) is 5.56 Å². The molecular formula is C11H16INO2. The van der Waals surface area contributed by atoms with Crippen LogP contribution >= 0.6 is 22.6 Å². The minimum absolute atomic E-state index is 0.0668. The number of pyridine rings is 1. The Hall–Kier alpha value is -0.360. The van der Waals surface area contributed by atoms with E-state index in [1.165, 1.54) is 0 Å². The molecule has 1 heterocycles. The zero-order valence-corrected chi connectivity index (χ0v) is 11.1. The van der Waals surface area contributed by atoms with Crippen LogP contribution in [0, 0.1) is 3.57 Å². The molecule has 1 aromatic rings. The highest BCUT2D eigenvalue weighted by Crippen LogP contribution is 1.96. The molecule has 1 rings (SSSR count). The van der Waals surface area contributed by atoms with Gasteiger partial charge in [-0.3, -0.25) is 4.79 Å². The van der Waals surface area contributed by atoms with Gasteiger partial charge in [-0.1, -0.05) is 13.3 Å². The summed E-state index contributed by atoms with van der Waals surface area (Å²) in [5.74, 6) is 0. The lowest BCUT2D eigenvalue weighted by Crippen LogP contribution is -2.23. The van der Waals surface area contributed by atoms with Crippen LogP contribution in [0.15, 0.2) is 23.1 Å². The number of ether oxygens (including phenoxy) is 1. The summed E-state index contributed by atoms with van der Waals surface area (Å²) >= 11 is 2.05. The maximum atomic E-state index is 11.6. The molecule has 0 fully saturated rings. The van der Waals surface area contributed by atoms with Crippen molar-refractivity contribution < 1.29 is 4.74 Å². The van der Waals surface area contributed by atoms with Gasteiger partial charge in [-0.2, -0.15) is 0 Å². The van der Waals surface area contributed by atoms with Crippen LogP contribution in [0.25, 0.3) is 0 Å². The first-order valence-electron chi connectivity index (χ1n) is 5.18. The molecule has 0 amide bonds. The first-order chi connectivity index (χ1) is 7.25. The zero-order valence-electron chi connectivity index (χ0n) is 8.91. The summed E-state index contributed by atoms with van der Waals surface area (Å²) in [7, 11) is 0. The van der Waals surface area contributed by atoms with Crippen LogP contribution in [0.1, 0.15) is 19.8 Å². The van der Waals surface area contributed by atoms with E-state index in [1.54, 1.807) is 10.8 Å². The lowest BCUT2D eigenvalue weighted by Gasteiger charge is -2.06. The first-order valence-corrected chi connectivity index (χ1v) is 6.26. The molecule has 1 aromatic heterocycles. The SMILES string of the molecule is CCCCOCCn1cccc(I)c1=O. The maximum Gasteiger partial charge on any atom is 0.264 e. The number of hydrogen-bond donors (Lipinski definition) is 0. The zero-order chi connectivity index (χ0) is 11.1. The highest BCUT2D eigenvalue weighted by molar-refractivity contribution is 14.1. The normalized spacial score (nSPS) is 10.5. The molecule has 0 aromatic carbocycles. The Morgan fingerprint density at radius 2 is 2.27 bits per heavy atom. The molecular weight excluding hydrogens is 305 g/mol. The number of rotatable bonds is 6. The third kappa shape index (κ3) is 4.34. The standard InChI is InChI=1S/C11H16INO2/c1-2-3-8-15-9-7-13-6-4-5-10(12)11(13)14/h4-6H,2-3,7-9H2,1H3. The smallest absolute Gasteiger partial charge is 0.264 e. The Kier molecular flexibility index (Phi) is 5.93. The average molecular weight is 321 g/mol. The number of aromatic nitrogens is 1. The van der Waals surface area contributed by atoms with Gasteiger partial charge >= 0.3 is 0 Å². The first kappa shape index (κ1) is 12.7. The molecule has 0 bridgehead atoms. The fraction of sp³-hybridized carbons (Fsp3) is 0.545. The van der Waals surface area contributed by atoms with E-state index in [0.29, 0.717) is 13.2 Å². The molecule has 4 heteroatoms. The molecule has 0 saturated heterocycles.